The first kappa shape index (κ1) is 18.7. The topological polar surface area (TPSA) is 87.7 Å². The van der Waals surface area contributed by atoms with Crippen LogP contribution < -0.4 is 20.3 Å². The lowest BCUT2D eigenvalue weighted by atomic mass is 10.2. The van der Waals surface area contributed by atoms with Crippen molar-refractivity contribution in [2.45, 2.75) is 19.4 Å². The van der Waals surface area contributed by atoms with Crippen LogP contribution in [-0.4, -0.2) is 30.9 Å². The summed E-state index contributed by atoms with van der Waals surface area (Å²) in [5.74, 6) is -0.365. The summed E-state index contributed by atoms with van der Waals surface area (Å²) in [6.45, 7) is 1.43. The zero-order valence-electron chi connectivity index (χ0n) is 14.8. The minimum absolute atomic E-state index is 0.0376. The van der Waals surface area contributed by atoms with Gasteiger partial charge in [0.1, 0.15) is 11.8 Å². The van der Waals surface area contributed by atoms with Crippen molar-refractivity contribution < 1.29 is 19.1 Å². The molecule has 3 rings (SSSR count). The van der Waals surface area contributed by atoms with E-state index in [9.17, 15) is 14.4 Å². The van der Waals surface area contributed by atoms with Crippen molar-refractivity contribution in [1.82, 2.24) is 0 Å². The Morgan fingerprint density at radius 3 is 2.41 bits per heavy atom. The lowest BCUT2D eigenvalue weighted by molar-refractivity contribution is -0.121. The lowest BCUT2D eigenvalue weighted by Crippen LogP contribution is -2.34. The fourth-order valence-electron chi connectivity index (χ4n) is 2.86. The van der Waals surface area contributed by atoms with Crippen LogP contribution in [0, 0.1) is 0 Å². The summed E-state index contributed by atoms with van der Waals surface area (Å²) in [5, 5.41) is 6.04. The van der Waals surface area contributed by atoms with E-state index in [4.69, 9.17) is 16.3 Å². The Hall–Kier alpha value is -3.06. The van der Waals surface area contributed by atoms with Crippen LogP contribution in [0.3, 0.4) is 0 Å². The Morgan fingerprint density at radius 2 is 1.81 bits per heavy atom. The molecule has 2 aromatic rings. The Kier molecular flexibility index (Phi) is 5.32. The van der Waals surface area contributed by atoms with Gasteiger partial charge in [0, 0.05) is 18.3 Å². The largest absolute Gasteiger partial charge is 0.495 e. The van der Waals surface area contributed by atoms with E-state index < -0.39 is 6.04 Å². The minimum Gasteiger partial charge on any atom is -0.495 e. The monoisotopic (exact) mass is 387 g/mol. The summed E-state index contributed by atoms with van der Waals surface area (Å²) in [7, 11) is 1.49. The summed E-state index contributed by atoms with van der Waals surface area (Å²) in [4.78, 5) is 37.3. The number of methoxy groups -OCH3 is 1. The van der Waals surface area contributed by atoms with Crippen molar-refractivity contribution in [2.24, 2.45) is 0 Å². The first-order valence-electron chi connectivity index (χ1n) is 8.23. The van der Waals surface area contributed by atoms with E-state index in [1.165, 1.54) is 20.1 Å². The van der Waals surface area contributed by atoms with Crippen LogP contribution in [0.1, 0.15) is 13.3 Å². The molecule has 3 amide bonds. The molecule has 2 N–H and O–H groups in total. The van der Waals surface area contributed by atoms with Crippen molar-refractivity contribution in [3.63, 3.8) is 0 Å². The Labute approximate surface area is 161 Å². The van der Waals surface area contributed by atoms with Gasteiger partial charge in [-0.05, 0) is 42.5 Å². The number of hydrogen-bond donors (Lipinski definition) is 2. The highest BCUT2D eigenvalue weighted by atomic mass is 35.5. The Morgan fingerprint density at radius 1 is 1.15 bits per heavy atom. The van der Waals surface area contributed by atoms with E-state index in [0.29, 0.717) is 27.8 Å². The normalized spacial score (nSPS) is 16.4. The predicted molar refractivity (Wildman–Crippen MR) is 103 cm³/mol. The van der Waals surface area contributed by atoms with Crippen molar-refractivity contribution in [2.75, 3.05) is 22.6 Å². The smallest absolute Gasteiger partial charge is 0.256 e. The number of nitrogens with one attached hydrogen (secondary N) is 2. The number of carbonyl (C=O) groups excluding carboxylic acids is 3. The Bertz CT molecular complexity index is 898. The van der Waals surface area contributed by atoms with Crippen molar-refractivity contribution in [3.05, 3.63) is 47.5 Å². The summed E-state index contributed by atoms with van der Waals surface area (Å²) >= 11 is 6.10. The molecule has 0 aromatic heterocycles. The molecule has 1 aliphatic heterocycles. The van der Waals surface area contributed by atoms with Crippen molar-refractivity contribution >= 4 is 46.4 Å². The minimum atomic E-state index is -0.676. The predicted octanol–water partition coefficient (Wildman–Crippen LogP) is 3.05. The molecule has 140 valence electrons. The number of amides is 3. The molecule has 7 nitrogen and oxygen atoms in total. The van der Waals surface area contributed by atoms with Crippen LogP contribution in [0.4, 0.5) is 17.1 Å². The number of carbonyl (C=O) groups is 3. The molecule has 1 fully saturated rings. The average molecular weight is 388 g/mol. The summed E-state index contributed by atoms with van der Waals surface area (Å²) in [5.41, 5.74) is 1.72. The van der Waals surface area contributed by atoms with Gasteiger partial charge in [-0.2, -0.15) is 0 Å². The van der Waals surface area contributed by atoms with E-state index in [-0.39, 0.29) is 24.1 Å². The number of benzene rings is 2. The maximum absolute atomic E-state index is 12.7. The van der Waals surface area contributed by atoms with Gasteiger partial charge in [-0.25, -0.2) is 4.90 Å². The molecule has 27 heavy (non-hydrogen) atoms. The third-order valence-corrected chi connectivity index (χ3v) is 4.38. The van der Waals surface area contributed by atoms with E-state index in [1.54, 1.807) is 36.4 Å². The molecule has 0 bridgehead atoms. The Balaban J connectivity index is 1.74. The molecule has 1 heterocycles. The molecule has 2 aromatic carbocycles. The van der Waals surface area contributed by atoms with Gasteiger partial charge in [0.2, 0.25) is 11.8 Å². The van der Waals surface area contributed by atoms with Gasteiger partial charge in [-0.1, -0.05) is 11.6 Å². The van der Waals surface area contributed by atoms with E-state index in [1.807, 2.05) is 0 Å². The van der Waals surface area contributed by atoms with Gasteiger partial charge in [-0.3, -0.25) is 14.4 Å². The second kappa shape index (κ2) is 7.67. The van der Waals surface area contributed by atoms with Crippen LogP contribution in [-0.2, 0) is 14.4 Å². The first-order chi connectivity index (χ1) is 12.9. The van der Waals surface area contributed by atoms with Gasteiger partial charge >= 0.3 is 0 Å². The average Bonchev–Trinajstić information content (AvgIpc) is 2.89. The zero-order chi connectivity index (χ0) is 19.6. The molecular formula is C19H18ClN3O4. The molecule has 0 unspecified atom stereocenters. The number of anilines is 3. The standard InChI is InChI=1S/C19H18ClN3O4/c1-11(24)21-12-3-5-13(6-4-12)22-16-10-18(25)23(19(16)26)14-7-8-17(27-2)15(20)9-14/h3-9,16,22H,10H2,1-2H3,(H,21,24)/t16-/m1/s1. The van der Waals surface area contributed by atoms with Crippen molar-refractivity contribution in [1.29, 1.82) is 0 Å². The van der Waals surface area contributed by atoms with Crippen LogP contribution in [0.5, 0.6) is 5.75 Å². The highest BCUT2D eigenvalue weighted by Crippen LogP contribution is 2.32. The van der Waals surface area contributed by atoms with Crippen LogP contribution in [0.15, 0.2) is 42.5 Å². The fourth-order valence-corrected chi connectivity index (χ4v) is 3.12. The summed E-state index contributed by atoms with van der Waals surface area (Å²) < 4.78 is 5.09. The lowest BCUT2D eigenvalue weighted by Gasteiger charge is -2.17. The van der Waals surface area contributed by atoms with Crippen LogP contribution >= 0.6 is 11.6 Å². The molecular weight excluding hydrogens is 370 g/mol. The van der Waals surface area contributed by atoms with E-state index in [0.717, 1.165) is 4.90 Å². The molecule has 1 aliphatic rings. The number of nitrogens with zero attached hydrogens (tertiary/aromatic N) is 1. The molecule has 0 aliphatic carbocycles. The van der Waals surface area contributed by atoms with E-state index in [2.05, 4.69) is 10.6 Å². The highest BCUT2D eigenvalue weighted by Gasteiger charge is 2.39. The fraction of sp³-hybridized carbons (Fsp3) is 0.211. The number of imide groups is 1. The van der Waals surface area contributed by atoms with Gasteiger partial charge in [-0.15, -0.1) is 0 Å². The number of halogens is 1. The highest BCUT2D eigenvalue weighted by molar-refractivity contribution is 6.33. The summed E-state index contributed by atoms with van der Waals surface area (Å²) in [6.07, 6.45) is 0.0376. The maximum Gasteiger partial charge on any atom is 0.256 e. The number of hydrogen-bond acceptors (Lipinski definition) is 5. The summed E-state index contributed by atoms with van der Waals surface area (Å²) in [6, 6.07) is 11.0. The quantitative estimate of drug-likeness (QED) is 0.770. The molecule has 0 radical (unpaired) electrons. The number of rotatable bonds is 5. The third-order valence-electron chi connectivity index (χ3n) is 4.09. The van der Waals surface area contributed by atoms with Crippen LogP contribution in [0.2, 0.25) is 5.02 Å². The second-order valence-corrected chi connectivity index (χ2v) is 6.45. The maximum atomic E-state index is 12.7. The van der Waals surface area contributed by atoms with Crippen LogP contribution in [0.25, 0.3) is 0 Å². The van der Waals surface area contributed by atoms with Gasteiger partial charge in [0.15, 0.2) is 0 Å². The SMILES string of the molecule is COc1ccc(N2C(=O)C[C@@H](Nc3ccc(NC(C)=O)cc3)C2=O)cc1Cl. The molecule has 8 heteroatoms. The second-order valence-electron chi connectivity index (χ2n) is 6.05. The molecule has 0 spiro atoms. The molecule has 0 saturated carbocycles. The van der Waals surface area contributed by atoms with Gasteiger partial charge in [0.25, 0.3) is 5.91 Å². The molecule has 1 saturated heterocycles. The first-order valence-corrected chi connectivity index (χ1v) is 8.61. The zero-order valence-corrected chi connectivity index (χ0v) is 15.5. The van der Waals surface area contributed by atoms with Gasteiger partial charge < -0.3 is 15.4 Å². The van der Waals surface area contributed by atoms with Gasteiger partial charge in [0.05, 0.1) is 24.2 Å². The number of ether oxygens (including phenoxy) is 1. The molecule has 1 atom stereocenters. The third kappa shape index (κ3) is 4.03. The van der Waals surface area contributed by atoms with Crippen molar-refractivity contribution in [3.8, 4) is 5.75 Å². The van der Waals surface area contributed by atoms with E-state index >= 15 is 0 Å².